The lowest BCUT2D eigenvalue weighted by atomic mass is 10.3. The lowest BCUT2D eigenvalue weighted by molar-refractivity contribution is -0.136. The smallest absolute Gasteiger partial charge is 0.349 e. The number of nitrogens with one attached hydrogen (secondary N) is 1. The maximum absolute atomic E-state index is 11.7. The Balaban J connectivity index is 1.88. The molecule has 5 nitrogen and oxygen atoms in total. The van der Waals surface area contributed by atoms with Crippen molar-refractivity contribution >= 4 is 40.8 Å². The number of carbonyl (C=O) groups excluding carboxylic acids is 2. The highest BCUT2D eigenvalue weighted by Crippen LogP contribution is 2.27. The van der Waals surface area contributed by atoms with E-state index in [-0.39, 0.29) is 12.5 Å². The second-order valence-electron chi connectivity index (χ2n) is 4.54. The number of amides is 1. The maximum Gasteiger partial charge on any atom is 0.349 e. The molecule has 1 N–H and O–H groups in total. The third-order valence-corrected chi connectivity index (χ3v) is 3.18. The van der Waals surface area contributed by atoms with Gasteiger partial charge in [-0.15, -0.1) is 0 Å². The molecular weight excluding hydrogens is 341 g/mol. The molecule has 0 saturated heterocycles. The topological polar surface area (TPSA) is 64.6 Å². The van der Waals surface area contributed by atoms with Crippen molar-refractivity contribution in [2.45, 2.75) is 6.92 Å². The summed E-state index contributed by atoms with van der Waals surface area (Å²) >= 11 is 11.7. The molecular formula is C16H13Cl2NO4. The number of halogens is 2. The molecule has 2 aromatic rings. The van der Waals surface area contributed by atoms with Gasteiger partial charge >= 0.3 is 5.97 Å². The molecule has 0 unspecified atom stereocenters. The van der Waals surface area contributed by atoms with Gasteiger partial charge in [-0.2, -0.15) is 0 Å². The third-order valence-electron chi connectivity index (χ3n) is 2.65. The summed E-state index contributed by atoms with van der Waals surface area (Å²) in [5, 5.41) is 3.40. The van der Waals surface area contributed by atoms with Crippen molar-refractivity contribution < 1.29 is 19.1 Å². The van der Waals surface area contributed by atoms with Crippen LogP contribution in [0.5, 0.6) is 11.5 Å². The van der Waals surface area contributed by atoms with Gasteiger partial charge in [-0.1, -0.05) is 23.2 Å². The van der Waals surface area contributed by atoms with Gasteiger partial charge in [-0.3, -0.25) is 4.79 Å². The van der Waals surface area contributed by atoms with E-state index in [2.05, 4.69) is 5.32 Å². The number of hydrogen-bond acceptors (Lipinski definition) is 4. The van der Waals surface area contributed by atoms with E-state index in [0.717, 1.165) is 0 Å². The van der Waals surface area contributed by atoms with Crippen molar-refractivity contribution in [2.24, 2.45) is 0 Å². The molecule has 0 aliphatic carbocycles. The minimum Gasteiger partial charge on any atom is -0.480 e. The number of anilines is 1. The Bertz CT molecular complexity index is 717. The number of carbonyl (C=O) groups is 2. The van der Waals surface area contributed by atoms with Gasteiger partial charge in [0.1, 0.15) is 11.5 Å². The largest absolute Gasteiger partial charge is 0.480 e. The molecule has 0 radical (unpaired) electrons. The average Bonchev–Trinajstić information content (AvgIpc) is 2.48. The van der Waals surface area contributed by atoms with Crippen molar-refractivity contribution in [3.8, 4) is 11.5 Å². The first kappa shape index (κ1) is 17.1. The lowest BCUT2D eigenvalue weighted by Gasteiger charge is -2.09. The molecule has 2 rings (SSSR count). The van der Waals surface area contributed by atoms with Gasteiger partial charge in [0, 0.05) is 17.6 Å². The highest BCUT2D eigenvalue weighted by molar-refractivity contribution is 6.35. The van der Waals surface area contributed by atoms with E-state index < -0.39 is 5.97 Å². The zero-order valence-electron chi connectivity index (χ0n) is 12.1. The summed E-state index contributed by atoms with van der Waals surface area (Å²) in [6.45, 7) is 1.11. The molecule has 1 amide bonds. The first-order chi connectivity index (χ1) is 10.9. The van der Waals surface area contributed by atoms with E-state index >= 15 is 0 Å². The maximum atomic E-state index is 11.7. The van der Waals surface area contributed by atoms with Crippen molar-refractivity contribution in [1.29, 1.82) is 0 Å². The van der Waals surface area contributed by atoms with E-state index in [4.69, 9.17) is 32.7 Å². The monoisotopic (exact) mass is 353 g/mol. The Morgan fingerprint density at radius 3 is 2.39 bits per heavy atom. The van der Waals surface area contributed by atoms with Gasteiger partial charge in [-0.05, 0) is 42.5 Å². The quantitative estimate of drug-likeness (QED) is 0.653. The fourth-order valence-corrected chi connectivity index (χ4v) is 2.16. The van der Waals surface area contributed by atoms with Crippen LogP contribution in [0, 0.1) is 0 Å². The molecule has 2 aromatic carbocycles. The summed E-state index contributed by atoms with van der Waals surface area (Å²) in [6, 6.07) is 11.1. The lowest BCUT2D eigenvalue weighted by Crippen LogP contribution is -2.17. The summed E-state index contributed by atoms with van der Waals surface area (Å²) in [7, 11) is 0. The van der Waals surface area contributed by atoms with Crippen molar-refractivity contribution in [2.75, 3.05) is 11.9 Å². The first-order valence-corrected chi connectivity index (χ1v) is 7.36. The molecule has 0 heterocycles. The average molecular weight is 354 g/mol. The van der Waals surface area contributed by atoms with Gasteiger partial charge in [0.2, 0.25) is 5.91 Å². The second kappa shape index (κ2) is 7.85. The van der Waals surface area contributed by atoms with Crippen LogP contribution >= 0.6 is 23.2 Å². The van der Waals surface area contributed by atoms with Gasteiger partial charge in [0.15, 0.2) is 6.61 Å². The predicted molar refractivity (Wildman–Crippen MR) is 88.3 cm³/mol. The second-order valence-corrected chi connectivity index (χ2v) is 5.39. The minimum absolute atomic E-state index is 0.178. The SMILES string of the molecule is CC(=O)Nc1ccc(OC(=O)COc2ccc(Cl)cc2Cl)cc1. The predicted octanol–water partition coefficient (Wildman–Crippen LogP) is 3.94. The van der Waals surface area contributed by atoms with Crippen LogP contribution in [0.4, 0.5) is 5.69 Å². The Hall–Kier alpha value is -2.24. The fraction of sp³-hybridized carbons (Fsp3) is 0.125. The van der Waals surface area contributed by atoms with Gasteiger partial charge < -0.3 is 14.8 Å². The Morgan fingerprint density at radius 2 is 1.78 bits per heavy atom. The summed E-state index contributed by atoms with van der Waals surface area (Å²) in [6.07, 6.45) is 0. The highest BCUT2D eigenvalue weighted by Gasteiger charge is 2.09. The molecule has 23 heavy (non-hydrogen) atoms. The zero-order chi connectivity index (χ0) is 16.8. The van der Waals surface area contributed by atoms with Crippen LogP contribution < -0.4 is 14.8 Å². The number of rotatable bonds is 5. The van der Waals surface area contributed by atoms with Crippen LogP contribution in [0.2, 0.25) is 10.0 Å². The van der Waals surface area contributed by atoms with Gasteiger partial charge in [0.05, 0.1) is 5.02 Å². The normalized spacial score (nSPS) is 10.0. The summed E-state index contributed by atoms with van der Waals surface area (Å²) in [4.78, 5) is 22.7. The van der Waals surface area contributed by atoms with Crippen molar-refractivity contribution in [1.82, 2.24) is 0 Å². The van der Waals surface area contributed by atoms with Crippen molar-refractivity contribution in [3.05, 3.63) is 52.5 Å². The molecule has 0 saturated carbocycles. The van der Waals surface area contributed by atoms with Gasteiger partial charge in [0.25, 0.3) is 0 Å². The third kappa shape index (κ3) is 5.47. The van der Waals surface area contributed by atoms with Crippen LogP contribution in [0.1, 0.15) is 6.92 Å². The van der Waals surface area contributed by atoms with Crippen molar-refractivity contribution in [3.63, 3.8) is 0 Å². The number of ether oxygens (including phenoxy) is 2. The Morgan fingerprint density at radius 1 is 1.09 bits per heavy atom. The van der Waals surface area contributed by atoms with E-state index in [9.17, 15) is 9.59 Å². The van der Waals surface area contributed by atoms with E-state index in [1.807, 2.05) is 0 Å². The molecule has 120 valence electrons. The fourth-order valence-electron chi connectivity index (χ4n) is 1.70. The van der Waals surface area contributed by atoms with E-state index in [0.29, 0.717) is 27.2 Å². The van der Waals surface area contributed by atoms with Crippen LogP contribution in [0.25, 0.3) is 0 Å². The summed E-state index contributed by atoms with van der Waals surface area (Å²) in [5.74, 6) is -0.0739. The standard InChI is InChI=1S/C16H13Cl2NO4/c1-10(20)19-12-3-5-13(6-4-12)23-16(21)9-22-15-7-2-11(17)8-14(15)18/h2-8H,9H2,1H3,(H,19,20). The summed E-state index contributed by atoms with van der Waals surface area (Å²) in [5.41, 5.74) is 0.612. The molecule has 0 aromatic heterocycles. The highest BCUT2D eigenvalue weighted by atomic mass is 35.5. The van der Waals surface area contributed by atoms with Crippen LogP contribution in [-0.4, -0.2) is 18.5 Å². The Kier molecular flexibility index (Phi) is 5.84. The van der Waals surface area contributed by atoms with E-state index in [1.54, 1.807) is 36.4 Å². The molecule has 0 spiro atoms. The zero-order valence-corrected chi connectivity index (χ0v) is 13.6. The molecule has 7 heteroatoms. The molecule has 0 fully saturated rings. The Labute approximate surface area is 143 Å². The molecule has 0 aliphatic rings. The molecule has 0 aliphatic heterocycles. The van der Waals surface area contributed by atoms with Crippen LogP contribution in [-0.2, 0) is 9.59 Å². The van der Waals surface area contributed by atoms with Crippen LogP contribution in [0.3, 0.4) is 0 Å². The number of benzene rings is 2. The van der Waals surface area contributed by atoms with E-state index in [1.165, 1.54) is 13.0 Å². The number of esters is 1. The summed E-state index contributed by atoms with van der Waals surface area (Å²) < 4.78 is 10.4. The van der Waals surface area contributed by atoms with Crippen LogP contribution in [0.15, 0.2) is 42.5 Å². The minimum atomic E-state index is -0.580. The molecule has 0 atom stereocenters. The molecule has 0 bridgehead atoms. The first-order valence-electron chi connectivity index (χ1n) is 6.60. The number of hydrogen-bond donors (Lipinski definition) is 1. The van der Waals surface area contributed by atoms with Gasteiger partial charge in [-0.25, -0.2) is 4.79 Å².